The van der Waals surface area contributed by atoms with Crippen molar-refractivity contribution in [1.82, 2.24) is 10.2 Å². The minimum atomic E-state index is -0.330. The number of ether oxygens (including phenoxy) is 1. The highest BCUT2D eigenvalue weighted by atomic mass is 19.1. The standard InChI is InChI=1S/C20H24FN3O2/c1-26-18-6-4-5-15(13-18)19(24-11-2-3-12-24)14-22-20(25)23-17-9-7-16(21)8-10-17/h4-10,13,19H,2-3,11-12,14H2,1H3,(H2,22,23,25)/t19-/m0/s1. The van der Waals surface area contributed by atoms with Crippen LogP contribution in [-0.4, -0.2) is 37.7 Å². The lowest BCUT2D eigenvalue weighted by Gasteiger charge is -2.28. The van der Waals surface area contributed by atoms with Gasteiger partial charge in [-0.05, 0) is 67.9 Å². The van der Waals surface area contributed by atoms with Crippen LogP contribution in [-0.2, 0) is 0 Å². The molecule has 3 rings (SSSR count). The number of rotatable bonds is 6. The molecule has 2 aromatic carbocycles. The smallest absolute Gasteiger partial charge is 0.319 e. The number of benzene rings is 2. The van der Waals surface area contributed by atoms with E-state index in [1.54, 1.807) is 7.11 Å². The molecule has 1 aliphatic rings. The van der Waals surface area contributed by atoms with E-state index in [9.17, 15) is 9.18 Å². The average molecular weight is 357 g/mol. The average Bonchev–Trinajstić information content (AvgIpc) is 3.18. The summed E-state index contributed by atoms with van der Waals surface area (Å²) < 4.78 is 18.3. The molecule has 0 saturated carbocycles. The number of hydrogen-bond acceptors (Lipinski definition) is 3. The molecule has 0 unspecified atom stereocenters. The van der Waals surface area contributed by atoms with Crippen molar-refractivity contribution < 1.29 is 13.9 Å². The maximum absolute atomic E-state index is 13.0. The number of amides is 2. The molecule has 138 valence electrons. The zero-order valence-electron chi connectivity index (χ0n) is 14.9. The first-order valence-electron chi connectivity index (χ1n) is 8.84. The van der Waals surface area contributed by atoms with Gasteiger partial charge in [0.15, 0.2) is 0 Å². The van der Waals surface area contributed by atoms with E-state index in [4.69, 9.17) is 4.74 Å². The normalized spacial score (nSPS) is 15.5. The van der Waals surface area contributed by atoms with E-state index >= 15 is 0 Å². The quantitative estimate of drug-likeness (QED) is 0.827. The maximum atomic E-state index is 13.0. The first-order valence-corrected chi connectivity index (χ1v) is 8.84. The summed E-state index contributed by atoms with van der Waals surface area (Å²) in [4.78, 5) is 14.6. The Morgan fingerprint density at radius 1 is 1.19 bits per heavy atom. The second-order valence-corrected chi connectivity index (χ2v) is 6.38. The number of anilines is 1. The number of hydrogen-bond donors (Lipinski definition) is 2. The van der Waals surface area contributed by atoms with Crippen molar-refractivity contribution in [3.05, 3.63) is 59.9 Å². The Bertz CT molecular complexity index is 730. The van der Waals surface area contributed by atoms with Gasteiger partial charge in [-0.1, -0.05) is 12.1 Å². The molecule has 1 aliphatic heterocycles. The molecule has 6 heteroatoms. The Morgan fingerprint density at radius 3 is 2.62 bits per heavy atom. The van der Waals surface area contributed by atoms with Crippen LogP contribution in [0.3, 0.4) is 0 Å². The Balaban J connectivity index is 1.65. The predicted octanol–water partition coefficient (Wildman–Crippen LogP) is 3.79. The first kappa shape index (κ1) is 18.2. The number of nitrogens with zero attached hydrogens (tertiary/aromatic N) is 1. The minimum absolute atomic E-state index is 0.0894. The van der Waals surface area contributed by atoms with Crippen LogP contribution in [0.25, 0.3) is 0 Å². The van der Waals surface area contributed by atoms with Gasteiger partial charge in [0.1, 0.15) is 11.6 Å². The summed E-state index contributed by atoms with van der Waals surface area (Å²) in [6.07, 6.45) is 2.34. The third kappa shape index (κ3) is 4.73. The maximum Gasteiger partial charge on any atom is 0.319 e. The van der Waals surface area contributed by atoms with Gasteiger partial charge in [0, 0.05) is 12.2 Å². The molecule has 0 radical (unpaired) electrons. The van der Waals surface area contributed by atoms with Crippen LogP contribution in [0.2, 0.25) is 0 Å². The summed E-state index contributed by atoms with van der Waals surface area (Å²) in [5.41, 5.74) is 1.68. The summed E-state index contributed by atoms with van der Waals surface area (Å²) in [6.45, 7) is 2.52. The number of likely N-dealkylation sites (tertiary alicyclic amines) is 1. The van der Waals surface area contributed by atoms with E-state index in [1.165, 1.54) is 37.1 Å². The van der Waals surface area contributed by atoms with Gasteiger partial charge in [0.05, 0.1) is 13.2 Å². The Hall–Kier alpha value is -2.60. The lowest BCUT2D eigenvalue weighted by molar-refractivity contribution is 0.227. The fraction of sp³-hybridized carbons (Fsp3) is 0.350. The van der Waals surface area contributed by atoms with E-state index < -0.39 is 0 Å². The molecule has 1 saturated heterocycles. The SMILES string of the molecule is COc1cccc([C@H](CNC(=O)Nc2ccc(F)cc2)N2CCCC2)c1. The van der Waals surface area contributed by atoms with Gasteiger partial charge < -0.3 is 15.4 Å². The molecule has 0 bridgehead atoms. The lowest BCUT2D eigenvalue weighted by atomic mass is 10.1. The highest BCUT2D eigenvalue weighted by Crippen LogP contribution is 2.27. The van der Waals surface area contributed by atoms with Crippen LogP contribution in [0, 0.1) is 5.82 Å². The molecule has 26 heavy (non-hydrogen) atoms. The molecule has 2 aromatic rings. The van der Waals surface area contributed by atoms with Crippen molar-refractivity contribution in [2.45, 2.75) is 18.9 Å². The minimum Gasteiger partial charge on any atom is -0.497 e. The molecule has 2 amide bonds. The second-order valence-electron chi connectivity index (χ2n) is 6.38. The van der Waals surface area contributed by atoms with Crippen LogP contribution >= 0.6 is 0 Å². The van der Waals surface area contributed by atoms with E-state index in [2.05, 4.69) is 21.6 Å². The van der Waals surface area contributed by atoms with Crippen LogP contribution < -0.4 is 15.4 Å². The zero-order valence-corrected chi connectivity index (χ0v) is 14.9. The Labute approximate surface area is 153 Å². The highest BCUT2D eigenvalue weighted by molar-refractivity contribution is 5.89. The predicted molar refractivity (Wildman–Crippen MR) is 100.0 cm³/mol. The number of nitrogens with one attached hydrogen (secondary N) is 2. The van der Waals surface area contributed by atoms with Crippen molar-refractivity contribution in [2.75, 3.05) is 32.1 Å². The van der Waals surface area contributed by atoms with Crippen LogP contribution in [0.5, 0.6) is 5.75 Å². The molecule has 0 aromatic heterocycles. The largest absolute Gasteiger partial charge is 0.497 e. The monoisotopic (exact) mass is 357 g/mol. The second kappa shape index (κ2) is 8.67. The fourth-order valence-electron chi connectivity index (χ4n) is 3.26. The van der Waals surface area contributed by atoms with Crippen LogP contribution in [0.4, 0.5) is 14.9 Å². The number of urea groups is 1. The van der Waals surface area contributed by atoms with Gasteiger partial charge in [0.2, 0.25) is 0 Å². The van der Waals surface area contributed by atoms with Gasteiger partial charge in [-0.3, -0.25) is 4.90 Å². The first-order chi connectivity index (χ1) is 12.7. The van der Waals surface area contributed by atoms with Gasteiger partial charge in [-0.15, -0.1) is 0 Å². The van der Waals surface area contributed by atoms with Crippen LogP contribution in [0.15, 0.2) is 48.5 Å². The van der Waals surface area contributed by atoms with Gasteiger partial charge in [-0.2, -0.15) is 0 Å². The molecule has 0 spiro atoms. The van der Waals surface area contributed by atoms with Crippen LogP contribution in [0.1, 0.15) is 24.4 Å². The van der Waals surface area contributed by atoms with Gasteiger partial charge in [0.25, 0.3) is 0 Å². The van der Waals surface area contributed by atoms with E-state index in [0.717, 1.165) is 24.4 Å². The molecule has 1 fully saturated rings. The number of methoxy groups -OCH3 is 1. The molecule has 1 heterocycles. The van der Waals surface area contributed by atoms with Crippen molar-refractivity contribution in [1.29, 1.82) is 0 Å². The van der Waals surface area contributed by atoms with Crippen molar-refractivity contribution >= 4 is 11.7 Å². The Kier molecular flexibility index (Phi) is 6.07. The third-order valence-electron chi connectivity index (χ3n) is 4.62. The molecule has 5 nitrogen and oxygen atoms in total. The molecular weight excluding hydrogens is 333 g/mol. The van der Waals surface area contributed by atoms with Gasteiger partial charge >= 0.3 is 6.03 Å². The highest BCUT2D eigenvalue weighted by Gasteiger charge is 2.24. The summed E-state index contributed by atoms with van der Waals surface area (Å²) in [5.74, 6) is 0.477. The van der Waals surface area contributed by atoms with Crippen molar-refractivity contribution in [3.8, 4) is 5.75 Å². The number of carbonyl (C=O) groups excluding carboxylic acids is 1. The van der Waals surface area contributed by atoms with E-state index in [1.807, 2.05) is 18.2 Å². The van der Waals surface area contributed by atoms with Crippen molar-refractivity contribution in [2.24, 2.45) is 0 Å². The van der Waals surface area contributed by atoms with E-state index in [0.29, 0.717) is 12.2 Å². The van der Waals surface area contributed by atoms with Crippen molar-refractivity contribution in [3.63, 3.8) is 0 Å². The summed E-state index contributed by atoms with van der Waals surface area (Å²) in [7, 11) is 1.65. The molecule has 2 N–H and O–H groups in total. The zero-order chi connectivity index (χ0) is 18.4. The molecule has 1 atom stereocenters. The van der Waals surface area contributed by atoms with E-state index in [-0.39, 0.29) is 17.9 Å². The lowest BCUT2D eigenvalue weighted by Crippen LogP contribution is -2.38. The topological polar surface area (TPSA) is 53.6 Å². The summed E-state index contributed by atoms with van der Waals surface area (Å²) in [5, 5.41) is 5.66. The fourth-order valence-corrected chi connectivity index (χ4v) is 3.26. The molecular formula is C20H24FN3O2. The summed E-state index contributed by atoms with van der Waals surface area (Å²) in [6, 6.07) is 13.5. The number of carbonyl (C=O) groups is 1. The Morgan fingerprint density at radius 2 is 1.92 bits per heavy atom. The number of halogens is 1. The third-order valence-corrected chi connectivity index (χ3v) is 4.62. The molecule has 0 aliphatic carbocycles. The van der Waals surface area contributed by atoms with Gasteiger partial charge in [-0.25, -0.2) is 9.18 Å². The summed E-state index contributed by atoms with van der Waals surface area (Å²) >= 11 is 0.